The van der Waals surface area contributed by atoms with E-state index >= 15 is 0 Å². The first kappa shape index (κ1) is 26.3. The van der Waals surface area contributed by atoms with Gasteiger partial charge in [0.05, 0.1) is 16.7 Å². The predicted molar refractivity (Wildman–Crippen MR) is 212 cm³/mol. The van der Waals surface area contributed by atoms with Crippen molar-refractivity contribution >= 4 is 97.6 Å². The smallest absolute Gasteiger partial charge is 0.159 e. The third kappa shape index (κ3) is 3.32. The van der Waals surface area contributed by atoms with Gasteiger partial charge in [0.15, 0.2) is 5.58 Å². The van der Waals surface area contributed by atoms with Crippen LogP contribution in [-0.2, 0) is 0 Å². The van der Waals surface area contributed by atoms with Crippen molar-refractivity contribution in [1.29, 1.82) is 0 Å². The minimum Gasteiger partial charge on any atom is -0.454 e. The Morgan fingerprint density at radius 1 is 0.320 bits per heavy atom. The fourth-order valence-electron chi connectivity index (χ4n) is 9.00. The highest BCUT2D eigenvalue weighted by Crippen LogP contribution is 2.46. The van der Waals surface area contributed by atoms with Gasteiger partial charge in [-0.2, -0.15) is 0 Å². The monoisotopic (exact) mass is 633 g/mol. The lowest BCUT2D eigenvalue weighted by atomic mass is 9.85. The summed E-state index contributed by atoms with van der Waals surface area (Å²) in [6, 6.07) is 60.0. The molecule has 0 amide bonds. The summed E-state index contributed by atoms with van der Waals surface area (Å²) in [6.07, 6.45) is 0. The van der Waals surface area contributed by atoms with E-state index < -0.39 is 0 Å². The standard InChI is InChI=1S/C48H27NO/c1-2-11-31-30(10-1)35-14-7-16-37-32-24-22-28(26-40(32)38-17-8-15-36(31)47(38)46(35)37)29-23-25-43-41(27-29)33-12-3-5-19-42(33)49(43)44-20-9-18-39-34-13-4-6-21-45(34)50-48(39)44/h1-27H. The zero-order valence-corrected chi connectivity index (χ0v) is 26.9. The number of aromatic nitrogens is 1. The third-order valence-corrected chi connectivity index (χ3v) is 11.1. The second-order valence-electron chi connectivity index (χ2n) is 13.6. The van der Waals surface area contributed by atoms with Crippen molar-refractivity contribution in [3.05, 3.63) is 164 Å². The van der Waals surface area contributed by atoms with Crippen LogP contribution in [0.5, 0.6) is 0 Å². The number of fused-ring (bicyclic) bond motifs is 12. The van der Waals surface area contributed by atoms with Crippen molar-refractivity contribution < 1.29 is 4.42 Å². The molecule has 0 radical (unpaired) electrons. The Kier molecular flexibility index (Phi) is 5.00. The Balaban J connectivity index is 1.12. The largest absolute Gasteiger partial charge is 0.454 e. The Labute approximate surface area is 286 Å². The minimum atomic E-state index is 0.910. The van der Waals surface area contributed by atoms with Gasteiger partial charge in [-0.3, -0.25) is 0 Å². The van der Waals surface area contributed by atoms with Gasteiger partial charge in [-0.25, -0.2) is 0 Å². The second kappa shape index (κ2) is 9.49. The van der Waals surface area contributed by atoms with Gasteiger partial charge in [-0.1, -0.05) is 127 Å². The zero-order valence-electron chi connectivity index (χ0n) is 26.9. The fraction of sp³-hybridized carbons (Fsp3) is 0. The van der Waals surface area contributed by atoms with Gasteiger partial charge in [0.2, 0.25) is 0 Å². The summed E-state index contributed by atoms with van der Waals surface area (Å²) in [5.41, 5.74) is 7.63. The predicted octanol–water partition coefficient (Wildman–Crippen LogP) is 13.6. The molecule has 2 nitrogen and oxygen atoms in total. The molecular weight excluding hydrogens is 607 g/mol. The summed E-state index contributed by atoms with van der Waals surface area (Å²) in [5, 5.41) is 18.0. The Hall–Kier alpha value is -6.64. The van der Waals surface area contributed by atoms with Crippen molar-refractivity contribution in [3.8, 4) is 16.8 Å². The molecule has 0 unspecified atom stereocenters. The van der Waals surface area contributed by atoms with Gasteiger partial charge in [0, 0.05) is 21.5 Å². The van der Waals surface area contributed by atoms with Crippen molar-refractivity contribution in [2.24, 2.45) is 0 Å². The second-order valence-corrected chi connectivity index (χ2v) is 13.6. The molecule has 2 heterocycles. The highest BCUT2D eigenvalue weighted by molar-refractivity contribution is 6.40. The number of para-hydroxylation sites is 3. The molecule has 0 atom stereocenters. The molecule has 50 heavy (non-hydrogen) atoms. The molecular formula is C48H27NO. The van der Waals surface area contributed by atoms with E-state index in [9.17, 15) is 0 Å². The van der Waals surface area contributed by atoms with Crippen molar-refractivity contribution in [2.75, 3.05) is 0 Å². The molecule has 230 valence electrons. The van der Waals surface area contributed by atoms with Crippen molar-refractivity contribution in [3.63, 3.8) is 0 Å². The normalized spacial score (nSPS) is 12.4. The van der Waals surface area contributed by atoms with Gasteiger partial charge >= 0.3 is 0 Å². The molecule has 0 saturated carbocycles. The van der Waals surface area contributed by atoms with Crippen molar-refractivity contribution in [1.82, 2.24) is 4.57 Å². The van der Waals surface area contributed by atoms with Gasteiger partial charge in [-0.15, -0.1) is 0 Å². The maximum atomic E-state index is 6.52. The zero-order chi connectivity index (χ0) is 32.5. The number of benzene rings is 10. The molecule has 12 rings (SSSR count). The van der Waals surface area contributed by atoms with Crippen LogP contribution in [0, 0.1) is 0 Å². The van der Waals surface area contributed by atoms with E-state index in [0.717, 1.165) is 33.1 Å². The highest BCUT2D eigenvalue weighted by Gasteiger charge is 2.20. The molecule has 0 aliphatic rings. The van der Waals surface area contributed by atoms with Crippen LogP contribution in [0.2, 0.25) is 0 Å². The van der Waals surface area contributed by atoms with E-state index in [-0.39, 0.29) is 0 Å². The van der Waals surface area contributed by atoms with Crippen LogP contribution in [0.15, 0.2) is 168 Å². The van der Waals surface area contributed by atoms with E-state index in [0.29, 0.717) is 0 Å². The van der Waals surface area contributed by atoms with Gasteiger partial charge in [-0.05, 0) is 101 Å². The quantitative estimate of drug-likeness (QED) is 0.137. The van der Waals surface area contributed by atoms with Crippen LogP contribution in [0.3, 0.4) is 0 Å². The van der Waals surface area contributed by atoms with E-state index in [1.54, 1.807) is 0 Å². The Bertz CT molecular complexity index is 3380. The lowest BCUT2D eigenvalue weighted by Crippen LogP contribution is -1.94. The number of hydrogen-bond acceptors (Lipinski definition) is 1. The molecule has 0 fully saturated rings. The summed E-state index contributed by atoms with van der Waals surface area (Å²) < 4.78 is 8.89. The first-order valence-corrected chi connectivity index (χ1v) is 17.3. The molecule has 0 saturated heterocycles. The summed E-state index contributed by atoms with van der Waals surface area (Å²) in [5.74, 6) is 0. The average Bonchev–Trinajstić information content (AvgIpc) is 3.73. The van der Waals surface area contributed by atoms with Crippen LogP contribution >= 0.6 is 0 Å². The van der Waals surface area contributed by atoms with Crippen LogP contribution in [0.25, 0.3) is 114 Å². The molecule has 2 heteroatoms. The molecule has 10 aromatic carbocycles. The highest BCUT2D eigenvalue weighted by atomic mass is 16.3. The summed E-state index contributed by atoms with van der Waals surface area (Å²) >= 11 is 0. The number of nitrogens with zero attached hydrogens (tertiary/aromatic N) is 1. The maximum absolute atomic E-state index is 6.52. The average molecular weight is 634 g/mol. The van der Waals surface area contributed by atoms with Crippen molar-refractivity contribution in [2.45, 2.75) is 0 Å². The molecule has 0 aliphatic heterocycles. The molecule has 12 aromatic rings. The van der Waals surface area contributed by atoms with Crippen LogP contribution < -0.4 is 0 Å². The third-order valence-electron chi connectivity index (χ3n) is 11.1. The molecule has 2 aromatic heterocycles. The van der Waals surface area contributed by atoms with Gasteiger partial charge in [0.1, 0.15) is 5.58 Å². The Morgan fingerprint density at radius 2 is 0.820 bits per heavy atom. The lowest BCUT2D eigenvalue weighted by Gasteiger charge is -2.18. The minimum absolute atomic E-state index is 0.910. The number of rotatable bonds is 2. The molecule has 0 spiro atoms. The Morgan fingerprint density at radius 3 is 1.56 bits per heavy atom. The topological polar surface area (TPSA) is 18.1 Å². The molecule has 0 aliphatic carbocycles. The van der Waals surface area contributed by atoms with Gasteiger partial charge < -0.3 is 8.98 Å². The lowest BCUT2D eigenvalue weighted by molar-refractivity contribution is 0.666. The molecule has 0 bridgehead atoms. The van der Waals surface area contributed by atoms with E-state index in [1.807, 2.05) is 6.07 Å². The summed E-state index contributed by atoms with van der Waals surface area (Å²) in [6.45, 7) is 0. The van der Waals surface area contributed by atoms with Crippen LogP contribution in [0.4, 0.5) is 0 Å². The van der Waals surface area contributed by atoms with Crippen LogP contribution in [-0.4, -0.2) is 4.57 Å². The first-order chi connectivity index (χ1) is 24.8. The summed E-state index contributed by atoms with van der Waals surface area (Å²) in [4.78, 5) is 0. The maximum Gasteiger partial charge on any atom is 0.159 e. The summed E-state index contributed by atoms with van der Waals surface area (Å²) in [7, 11) is 0. The number of hydrogen-bond donors (Lipinski definition) is 0. The van der Waals surface area contributed by atoms with Crippen LogP contribution in [0.1, 0.15) is 0 Å². The van der Waals surface area contributed by atoms with E-state index in [4.69, 9.17) is 4.42 Å². The number of furan rings is 1. The fourth-order valence-corrected chi connectivity index (χ4v) is 9.00. The molecule has 0 N–H and O–H groups in total. The van der Waals surface area contributed by atoms with E-state index in [1.165, 1.54) is 81.3 Å². The van der Waals surface area contributed by atoms with Gasteiger partial charge in [0.25, 0.3) is 0 Å². The first-order valence-electron chi connectivity index (χ1n) is 17.3. The van der Waals surface area contributed by atoms with E-state index in [2.05, 4.69) is 162 Å². The SMILES string of the molecule is c1ccc2c(c1)oc1c(-n3c4ccccc4c4cc(-c5ccc6c(c5)c5cccc7c8ccccc8c8cccc6c8c75)ccc43)cccc12.